The molecular weight excluding hydrogens is 251 g/mol. The van der Waals surface area contributed by atoms with Crippen molar-refractivity contribution in [2.24, 2.45) is 5.84 Å². The molecule has 0 aromatic heterocycles. The number of hydrogen-bond donors (Lipinski definition) is 2. The van der Waals surface area contributed by atoms with Crippen molar-refractivity contribution in [2.75, 3.05) is 5.43 Å². The predicted molar refractivity (Wildman–Crippen MR) is 54.2 cm³/mol. The number of nitrogens with one attached hydrogen (secondary N) is 1. The molecule has 1 aromatic rings. The molecule has 0 atom stereocenters. The Kier molecular flexibility index (Phi) is 4.84. The molecule has 0 aliphatic heterocycles. The third-order valence-corrected chi connectivity index (χ3v) is 1.71. The average molecular weight is 258 g/mol. The first-order chi connectivity index (χ1) is 4.72. The maximum Gasteiger partial charge on any atom is 0.0511 e. The summed E-state index contributed by atoms with van der Waals surface area (Å²) < 4.78 is 0.910. The second-order valence-corrected chi connectivity index (χ2v) is 3.15. The van der Waals surface area contributed by atoms with E-state index in [0.29, 0.717) is 5.02 Å². The molecule has 0 amide bonds. The topological polar surface area (TPSA) is 38.0 Å². The quantitative estimate of drug-likeness (QED) is 0.600. The third kappa shape index (κ3) is 3.29. The highest BCUT2D eigenvalue weighted by atomic mass is 79.9. The van der Waals surface area contributed by atoms with Crippen LogP contribution in [0, 0.1) is 0 Å². The number of hydrazine groups is 1. The highest BCUT2D eigenvalue weighted by Crippen LogP contribution is 2.21. The van der Waals surface area contributed by atoms with Gasteiger partial charge in [-0.25, -0.2) is 0 Å². The minimum absolute atomic E-state index is 0. The first-order valence-corrected chi connectivity index (χ1v) is 3.82. The molecule has 5 heteroatoms. The lowest BCUT2D eigenvalue weighted by Crippen LogP contribution is -2.06. The minimum Gasteiger partial charge on any atom is -0.324 e. The van der Waals surface area contributed by atoms with Crippen LogP contribution in [0.25, 0.3) is 0 Å². The van der Waals surface area contributed by atoms with Crippen LogP contribution in [0.1, 0.15) is 0 Å². The molecule has 0 spiro atoms. The van der Waals surface area contributed by atoms with E-state index in [1.54, 1.807) is 12.1 Å². The van der Waals surface area contributed by atoms with E-state index in [1.165, 1.54) is 0 Å². The standard InChI is InChI=1S/C6H6BrClN2.ClH/c7-4-1-5(8)3-6(2-4)10-9;/h1-3,10H,9H2;1H. The molecule has 0 saturated carbocycles. The Labute approximate surface area is 84.6 Å². The van der Waals surface area contributed by atoms with Crippen LogP contribution < -0.4 is 11.3 Å². The van der Waals surface area contributed by atoms with Gasteiger partial charge in [-0.1, -0.05) is 27.5 Å². The Hall–Kier alpha value is 0.0400. The number of hydrogen-bond acceptors (Lipinski definition) is 2. The number of anilines is 1. The average Bonchev–Trinajstić information content (AvgIpc) is 1.85. The third-order valence-electron chi connectivity index (χ3n) is 1.03. The first kappa shape index (κ1) is 11.0. The summed E-state index contributed by atoms with van der Waals surface area (Å²) in [7, 11) is 0. The van der Waals surface area contributed by atoms with Gasteiger partial charge in [0.25, 0.3) is 0 Å². The van der Waals surface area contributed by atoms with Crippen molar-refractivity contribution in [1.29, 1.82) is 0 Å². The highest BCUT2D eigenvalue weighted by molar-refractivity contribution is 9.10. The number of halogens is 3. The van der Waals surface area contributed by atoms with Crippen molar-refractivity contribution < 1.29 is 0 Å². The lowest BCUT2D eigenvalue weighted by Gasteiger charge is -1.99. The molecule has 0 aliphatic carbocycles. The van der Waals surface area contributed by atoms with Crippen molar-refractivity contribution in [3.8, 4) is 0 Å². The molecular formula is C6H7BrCl2N2. The first-order valence-electron chi connectivity index (χ1n) is 2.65. The molecule has 1 aromatic carbocycles. The molecule has 0 fully saturated rings. The second-order valence-electron chi connectivity index (χ2n) is 1.80. The van der Waals surface area contributed by atoms with Gasteiger partial charge in [0, 0.05) is 9.50 Å². The van der Waals surface area contributed by atoms with E-state index in [1.807, 2.05) is 6.07 Å². The summed E-state index contributed by atoms with van der Waals surface area (Å²) in [6.45, 7) is 0. The van der Waals surface area contributed by atoms with Gasteiger partial charge in [0.1, 0.15) is 0 Å². The van der Waals surface area contributed by atoms with Gasteiger partial charge in [0.2, 0.25) is 0 Å². The molecule has 0 unspecified atom stereocenters. The van der Waals surface area contributed by atoms with Crippen molar-refractivity contribution in [3.05, 3.63) is 27.7 Å². The maximum absolute atomic E-state index is 5.70. The van der Waals surface area contributed by atoms with Crippen molar-refractivity contribution in [1.82, 2.24) is 0 Å². The second kappa shape index (κ2) is 4.83. The van der Waals surface area contributed by atoms with Crippen LogP contribution in [-0.2, 0) is 0 Å². The fraction of sp³-hybridized carbons (Fsp3) is 0. The van der Waals surface area contributed by atoms with Crippen molar-refractivity contribution in [3.63, 3.8) is 0 Å². The molecule has 1 rings (SSSR count). The Balaban J connectivity index is 0.000001000. The van der Waals surface area contributed by atoms with Crippen molar-refractivity contribution >= 4 is 45.6 Å². The normalized spacial score (nSPS) is 8.64. The summed E-state index contributed by atoms with van der Waals surface area (Å²) >= 11 is 8.98. The zero-order valence-electron chi connectivity index (χ0n) is 5.47. The summed E-state index contributed by atoms with van der Waals surface area (Å²) in [5.74, 6) is 5.16. The number of nitrogens with two attached hydrogens (primary N) is 1. The molecule has 0 heterocycles. The van der Waals surface area contributed by atoms with E-state index in [-0.39, 0.29) is 12.4 Å². The van der Waals surface area contributed by atoms with E-state index in [2.05, 4.69) is 21.4 Å². The van der Waals surface area contributed by atoms with Gasteiger partial charge in [0.15, 0.2) is 0 Å². The fourth-order valence-electron chi connectivity index (χ4n) is 0.637. The largest absolute Gasteiger partial charge is 0.324 e. The van der Waals surface area contributed by atoms with E-state index in [9.17, 15) is 0 Å². The molecule has 2 nitrogen and oxygen atoms in total. The van der Waals surface area contributed by atoms with Crippen LogP contribution in [0.4, 0.5) is 5.69 Å². The van der Waals surface area contributed by atoms with Gasteiger partial charge in [-0.2, -0.15) is 0 Å². The maximum atomic E-state index is 5.70. The monoisotopic (exact) mass is 256 g/mol. The summed E-state index contributed by atoms with van der Waals surface area (Å²) in [6.07, 6.45) is 0. The zero-order valence-corrected chi connectivity index (χ0v) is 8.63. The predicted octanol–water partition coefficient (Wildman–Crippen LogP) is 2.81. The van der Waals surface area contributed by atoms with Crippen molar-refractivity contribution in [2.45, 2.75) is 0 Å². The van der Waals surface area contributed by atoms with Crippen LogP contribution >= 0.6 is 39.9 Å². The highest BCUT2D eigenvalue weighted by Gasteiger charge is 1.93. The fourth-order valence-corrected chi connectivity index (χ4v) is 1.50. The van der Waals surface area contributed by atoms with Gasteiger partial charge in [-0.05, 0) is 18.2 Å². The summed E-state index contributed by atoms with van der Waals surface area (Å²) in [5.41, 5.74) is 3.29. The molecule has 0 saturated heterocycles. The Morgan fingerprint density at radius 2 is 2.00 bits per heavy atom. The van der Waals surface area contributed by atoms with Gasteiger partial charge in [-0.3, -0.25) is 5.84 Å². The summed E-state index contributed by atoms with van der Waals surface area (Å²) in [6, 6.07) is 5.38. The number of benzene rings is 1. The van der Waals surface area contributed by atoms with E-state index >= 15 is 0 Å². The van der Waals surface area contributed by atoms with Crippen LogP contribution in [0.3, 0.4) is 0 Å². The molecule has 0 radical (unpaired) electrons. The van der Waals surface area contributed by atoms with E-state index in [0.717, 1.165) is 10.2 Å². The van der Waals surface area contributed by atoms with Crippen LogP contribution in [-0.4, -0.2) is 0 Å². The van der Waals surface area contributed by atoms with Gasteiger partial charge >= 0.3 is 0 Å². The van der Waals surface area contributed by atoms with Crippen LogP contribution in [0.5, 0.6) is 0 Å². The van der Waals surface area contributed by atoms with Gasteiger partial charge < -0.3 is 5.43 Å². The Morgan fingerprint density at radius 3 is 2.45 bits per heavy atom. The van der Waals surface area contributed by atoms with Gasteiger partial charge in [0.05, 0.1) is 5.69 Å². The number of rotatable bonds is 1. The lowest BCUT2D eigenvalue weighted by atomic mass is 10.3. The van der Waals surface area contributed by atoms with Crippen LogP contribution in [0.2, 0.25) is 5.02 Å². The van der Waals surface area contributed by atoms with Crippen LogP contribution in [0.15, 0.2) is 22.7 Å². The van der Waals surface area contributed by atoms with Gasteiger partial charge in [-0.15, -0.1) is 12.4 Å². The molecule has 3 N–H and O–H groups in total. The SMILES string of the molecule is Cl.NNc1cc(Cl)cc(Br)c1. The number of nitrogen functional groups attached to an aromatic ring is 1. The lowest BCUT2D eigenvalue weighted by molar-refractivity contribution is 1.35. The Bertz CT molecular complexity index is 222. The van der Waals surface area contributed by atoms with E-state index in [4.69, 9.17) is 17.4 Å². The smallest absolute Gasteiger partial charge is 0.0511 e. The Morgan fingerprint density at radius 1 is 1.36 bits per heavy atom. The molecule has 0 bridgehead atoms. The summed E-state index contributed by atoms with van der Waals surface area (Å²) in [4.78, 5) is 0. The molecule has 0 aliphatic rings. The summed E-state index contributed by atoms with van der Waals surface area (Å²) in [5, 5.41) is 0.655. The molecule has 11 heavy (non-hydrogen) atoms. The minimum atomic E-state index is 0. The zero-order chi connectivity index (χ0) is 7.56. The van der Waals surface area contributed by atoms with E-state index < -0.39 is 0 Å². The molecule has 62 valence electrons.